The Balaban J connectivity index is 1.28. The quantitative estimate of drug-likeness (QED) is 0.137. The molecule has 4 aromatic rings. The number of hydrogen-bond acceptors (Lipinski definition) is 7. The van der Waals surface area contributed by atoms with Gasteiger partial charge in [0, 0.05) is 36.1 Å². The molecule has 1 aliphatic heterocycles. The van der Waals surface area contributed by atoms with E-state index >= 15 is 0 Å². The van der Waals surface area contributed by atoms with Gasteiger partial charge in [0.2, 0.25) is 5.91 Å². The molecule has 2 heterocycles. The van der Waals surface area contributed by atoms with Gasteiger partial charge in [0.05, 0.1) is 24.9 Å². The molecule has 1 saturated heterocycles. The molecule has 3 aromatic carbocycles. The number of alkyl carbamates (subject to hydrolysis) is 1. The van der Waals surface area contributed by atoms with E-state index in [-0.39, 0.29) is 23.3 Å². The number of benzene rings is 3. The Kier molecular flexibility index (Phi) is 12.3. The first-order chi connectivity index (χ1) is 23.6. The van der Waals surface area contributed by atoms with Crippen molar-refractivity contribution in [3.8, 4) is 0 Å². The molecule has 5 rings (SSSR count). The molecule has 1 aliphatic rings. The van der Waals surface area contributed by atoms with Crippen LogP contribution in [0.25, 0.3) is 0 Å². The first-order valence-corrected chi connectivity index (χ1v) is 17.0. The fraction of sp³-hybridized carbons (Fsp3) is 0.324. The minimum absolute atomic E-state index is 0.0604. The van der Waals surface area contributed by atoms with Crippen molar-refractivity contribution >= 4 is 29.4 Å². The Labute approximate surface area is 288 Å². The van der Waals surface area contributed by atoms with E-state index in [2.05, 4.69) is 20.9 Å². The molecule has 0 bridgehead atoms. The van der Waals surface area contributed by atoms with Gasteiger partial charge in [-0.1, -0.05) is 78.9 Å². The third-order valence-corrected chi connectivity index (χ3v) is 9.55. The van der Waals surface area contributed by atoms with Gasteiger partial charge in [-0.3, -0.25) is 4.79 Å². The number of nitrogens with one attached hydrogen (secondary N) is 3. The average Bonchev–Trinajstić information content (AvgIpc) is 3.11. The highest BCUT2D eigenvalue weighted by atomic mass is 32.2. The smallest absolute Gasteiger partial charge is 0.419 e. The molecule has 0 spiro atoms. The van der Waals surface area contributed by atoms with Gasteiger partial charge < -0.3 is 25.4 Å². The number of pyridine rings is 1. The molecule has 12 heteroatoms. The zero-order valence-corrected chi connectivity index (χ0v) is 28.0. The Hall–Kier alpha value is -4.39. The van der Waals surface area contributed by atoms with Gasteiger partial charge in [0.25, 0.3) is 0 Å². The van der Waals surface area contributed by atoms with Crippen molar-refractivity contribution in [2.45, 2.75) is 61.2 Å². The summed E-state index contributed by atoms with van der Waals surface area (Å²) in [6.07, 6.45) is -3.23. The molecule has 1 fully saturated rings. The molecule has 3 N–H and O–H groups in total. The lowest BCUT2D eigenvalue weighted by atomic mass is 9.84. The van der Waals surface area contributed by atoms with Gasteiger partial charge in [-0.15, -0.1) is 11.8 Å². The summed E-state index contributed by atoms with van der Waals surface area (Å²) >= 11 is 1.03. The second-order valence-electron chi connectivity index (χ2n) is 11.8. The minimum Gasteiger partial charge on any atom is -0.453 e. The number of thioether (sulfide) groups is 1. The maximum Gasteiger partial charge on any atom is 0.419 e. The lowest BCUT2D eigenvalue weighted by Crippen LogP contribution is -2.52. The van der Waals surface area contributed by atoms with Crippen LogP contribution in [-0.2, 0) is 26.9 Å². The summed E-state index contributed by atoms with van der Waals surface area (Å²) in [5.41, 5.74) is 2.41. The van der Waals surface area contributed by atoms with Crippen LogP contribution in [-0.4, -0.2) is 60.7 Å². The predicted octanol–water partition coefficient (Wildman–Crippen LogP) is 7.07. The van der Waals surface area contributed by atoms with E-state index < -0.39 is 35.7 Å². The molecule has 1 aromatic heterocycles. The van der Waals surface area contributed by atoms with Crippen molar-refractivity contribution < 1.29 is 32.2 Å². The van der Waals surface area contributed by atoms with E-state index in [0.29, 0.717) is 30.8 Å². The largest absolute Gasteiger partial charge is 0.453 e. The first kappa shape index (κ1) is 35.9. The maximum atomic E-state index is 14.1. The molecular formula is C37H39F3N4O4S. The molecule has 258 valence electrons. The number of amides is 2. The Morgan fingerprint density at radius 2 is 1.63 bits per heavy atom. The van der Waals surface area contributed by atoms with E-state index in [1.807, 2.05) is 91.9 Å². The molecular weight excluding hydrogens is 653 g/mol. The number of morpholine rings is 1. The first-order valence-electron chi connectivity index (χ1n) is 16.0. The maximum absolute atomic E-state index is 14.1. The summed E-state index contributed by atoms with van der Waals surface area (Å²) in [6, 6.07) is 27.7. The standard InChI is InChI=1S/C37H39F3N4O4S/c1-24-31(23-49-35-29(37(38,39)40)17-11-21-41-35)48-28(22-42-24)20-19-25-12-9-10-18-30(25)43-34(45)33(44-36(46)47-2)32(26-13-5-3-6-14-26)27-15-7-4-8-16-27/h3-18,21,24,28,31-33,42H,19-20,22-23H2,1-2H3,(H,43,45)(H,44,46)/t24-,28-,31-,33+/m1/s1. The van der Waals surface area contributed by atoms with E-state index in [9.17, 15) is 22.8 Å². The zero-order chi connectivity index (χ0) is 34.8. The Morgan fingerprint density at radius 3 is 2.29 bits per heavy atom. The van der Waals surface area contributed by atoms with Crippen molar-refractivity contribution in [2.24, 2.45) is 0 Å². The molecule has 0 unspecified atom stereocenters. The molecule has 4 atom stereocenters. The number of para-hydroxylation sites is 1. The highest BCUT2D eigenvalue weighted by Crippen LogP contribution is 2.36. The molecule has 0 saturated carbocycles. The second-order valence-corrected chi connectivity index (χ2v) is 12.8. The summed E-state index contributed by atoms with van der Waals surface area (Å²) in [5, 5.41) is 9.17. The van der Waals surface area contributed by atoms with Crippen molar-refractivity contribution in [1.82, 2.24) is 15.6 Å². The van der Waals surface area contributed by atoms with Crippen LogP contribution >= 0.6 is 11.8 Å². The van der Waals surface area contributed by atoms with Gasteiger partial charge in [0.15, 0.2) is 0 Å². The van der Waals surface area contributed by atoms with Crippen molar-refractivity contribution in [2.75, 3.05) is 24.7 Å². The van der Waals surface area contributed by atoms with Crippen LogP contribution in [0.15, 0.2) is 108 Å². The van der Waals surface area contributed by atoms with Crippen LogP contribution in [0.4, 0.5) is 23.7 Å². The number of nitrogens with zero attached hydrogens (tertiary/aromatic N) is 1. The van der Waals surface area contributed by atoms with Gasteiger partial charge in [-0.05, 0) is 54.7 Å². The van der Waals surface area contributed by atoms with Crippen LogP contribution in [0.5, 0.6) is 0 Å². The van der Waals surface area contributed by atoms with Crippen molar-refractivity contribution in [1.29, 1.82) is 0 Å². The summed E-state index contributed by atoms with van der Waals surface area (Å²) in [5.74, 6) is -0.619. The van der Waals surface area contributed by atoms with Crippen LogP contribution in [0.1, 0.15) is 41.5 Å². The summed E-state index contributed by atoms with van der Waals surface area (Å²) in [4.78, 5) is 30.6. The number of aromatic nitrogens is 1. The van der Waals surface area contributed by atoms with Gasteiger partial charge in [-0.25, -0.2) is 9.78 Å². The highest BCUT2D eigenvalue weighted by Gasteiger charge is 2.36. The van der Waals surface area contributed by atoms with E-state index in [4.69, 9.17) is 9.47 Å². The van der Waals surface area contributed by atoms with Gasteiger partial charge in [-0.2, -0.15) is 13.2 Å². The lowest BCUT2D eigenvalue weighted by Gasteiger charge is -2.36. The van der Waals surface area contributed by atoms with Gasteiger partial charge >= 0.3 is 12.3 Å². The fourth-order valence-corrected chi connectivity index (χ4v) is 7.03. The van der Waals surface area contributed by atoms with Crippen LogP contribution in [0, 0.1) is 0 Å². The van der Waals surface area contributed by atoms with E-state index in [0.717, 1.165) is 34.5 Å². The van der Waals surface area contributed by atoms with Crippen molar-refractivity contribution in [3.63, 3.8) is 0 Å². The third-order valence-electron chi connectivity index (χ3n) is 8.46. The number of halogens is 3. The number of alkyl halides is 3. The highest BCUT2D eigenvalue weighted by molar-refractivity contribution is 7.99. The number of ether oxygens (including phenoxy) is 2. The molecule has 2 amide bonds. The summed E-state index contributed by atoms with van der Waals surface area (Å²) in [7, 11) is 1.25. The average molecular weight is 693 g/mol. The summed E-state index contributed by atoms with van der Waals surface area (Å²) < 4.78 is 51.7. The SMILES string of the molecule is COC(=O)N[C@H](C(=O)Nc1ccccc1CC[C@@H]1CN[C@H](C)[C@@H](CSc2ncccc2C(F)(F)F)O1)C(c1ccccc1)c1ccccc1. The van der Waals surface area contributed by atoms with E-state index in [1.54, 1.807) is 0 Å². The topological polar surface area (TPSA) is 102 Å². The Morgan fingerprint density at radius 1 is 0.980 bits per heavy atom. The predicted molar refractivity (Wildman–Crippen MR) is 184 cm³/mol. The van der Waals surface area contributed by atoms with Crippen molar-refractivity contribution in [3.05, 3.63) is 126 Å². The zero-order valence-electron chi connectivity index (χ0n) is 27.2. The Bertz CT molecular complexity index is 1640. The number of aryl methyl sites for hydroxylation is 1. The number of rotatable bonds is 12. The lowest BCUT2D eigenvalue weighted by molar-refractivity contribution is -0.140. The normalized spacial score (nSPS) is 18.4. The number of anilines is 1. The molecule has 0 aliphatic carbocycles. The van der Waals surface area contributed by atoms with Crippen LogP contribution in [0.3, 0.4) is 0 Å². The van der Waals surface area contributed by atoms with Gasteiger partial charge in [0.1, 0.15) is 11.1 Å². The number of hydrogen-bond donors (Lipinski definition) is 3. The monoisotopic (exact) mass is 692 g/mol. The number of carbonyl (C=O) groups is 2. The number of methoxy groups -OCH3 is 1. The van der Waals surface area contributed by atoms with Crippen LogP contribution < -0.4 is 16.0 Å². The minimum atomic E-state index is -4.49. The molecule has 49 heavy (non-hydrogen) atoms. The molecule has 8 nitrogen and oxygen atoms in total. The summed E-state index contributed by atoms with van der Waals surface area (Å²) in [6.45, 7) is 2.53. The van der Waals surface area contributed by atoms with E-state index in [1.165, 1.54) is 19.4 Å². The third kappa shape index (κ3) is 9.62. The number of carbonyl (C=O) groups excluding carboxylic acids is 2. The second kappa shape index (κ2) is 16.8. The fourth-order valence-electron chi connectivity index (χ4n) is 5.87. The molecule has 0 radical (unpaired) electrons. The van der Waals surface area contributed by atoms with Crippen LogP contribution in [0.2, 0.25) is 0 Å².